The van der Waals surface area contributed by atoms with Crippen LogP contribution in [0.1, 0.15) is 42.4 Å². The molecule has 2 aliphatic rings. The highest BCUT2D eigenvalue weighted by Gasteiger charge is 2.41. The number of para-hydroxylation sites is 3. The van der Waals surface area contributed by atoms with Crippen LogP contribution >= 0.6 is 0 Å². The van der Waals surface area contributed by atoms with E-state index in [1.54, 1.807) is 0 Å². The highest BCUT2D eigenvalue weighted by atomic mass is 16.3. The first-order valence-corrected chi connectivity index (χ1v) is 15.6. The zero-order valence-electron chi connectivity index (χ0n) is 25.0. The summed E-state index contributed by atoms with van der Waals surface area (Å²) in [5, 5.41) is 8.65. The Morgan fingerprint density at radius 3 is 2.22 bits per heavy atom. The van der Waals surface area contributed by atoms with Crippen LogP contribution in [0.5, 0.6) is 0 Å². The quantitative estimate of drug-likeness (QED) is 0.221. The summed E-state index contributed by atoms with van der Waals surface area (Å²) in [6.07, 6.45) is -0.315. The number of hydrogen-bond acceptors (Lipinski definition) is 3. The minimum Gasteiger partial charge on any atom is -0.456 e. The summed E-state index contributed by atoms with van der Waals surface area (Å²) < 4.78 is 9.00. The monoisotopic (exact) mass is 579 g/mol. The van der Waals surface area contributed by atoms with E-state index in [0.29, 0.717) is 0 Å². The van der Waals surface area contributed by atoms with Crippen molar-refractivity contribution in [3.8, 4) is 11.1 Å². The lowest BCUT2D eigenvalue weighted by molar-refractivity contribution is 0.619. The average molecular weight is 580 g/mol. The summed E-state index contributed by atoms with van der Waals surface area (Å²) in [5.41, 5.74) is 13.5. The van der Waals surface area contributed by atoms with Crippen LogP contribution in [0, 0.1) is 0 Å². The van der Waals surface area contributed by atoms with Crippen molar-refractivity contribution in [3.63, 3.8) is 0 Å². The summed E-state index contributed by atoms with van der Waals surface area (Å²) in [6.45, 7) is 4.72. The second-order valence-electron chi connectivity index (χ2n) is 12.8. The molecule has 0 saturated heterocycles. The molecule has 8 aromatic rings. The zero-order valence-corrected chi connectivity index (χ0v) is 25.0. The SMILES string of the molecule is CC1(C)c2c(ccc3c2oc2ccccc23)-c2ccc3c(c21)c1ccccc1n3C1N=C(c2ccccc2)c2ccccc2N1. The Morgan fingerprint density at radius 2 is 1.33 bits per heavy atom. The molecule has 0 amide bonds. The fourth-order valence-corrected chi connectivity index (χ4v) is 8.11. The van der Waals surface area contributed by atoms with Gasteiger partial charge in [0.1, 0.15) is 11.2 Å². The van der Waals surface area contributed by atoms with E-state index in [4.69, 9.17) is 9.41 Å². The maximum atomic E-state index is 6.62. The van der Waals surface area contributed by atoms with Gasteiger partial charge in [0.15, 0.2) is 0 Å². The molecule has 10 rings (SSSR count). The van der Waals surface area contributed by atoms with E-state index < -0.39 is 0 Å². The predicted octanol–water partition coefficient (Wildman–Crippen LogP) is 10.4. The van der Waals surface area contributed by atoms with Gasteiger partial charge < -0.3 is 14.3 Å². The maximum Gasteiger partial charge on any atom is 0.201 e. The number of aromatic nitrogens is 1. The number of nitrogens with zero attached hydrogens (tertiary/aromatic N) is 2. The average Bonchev–Trinajstić information content (AvgIpc) is 3.70. The third-order valence-electron chi connectivity index (χ3n) is 9.97. The number of anilines is 1. The van der Waals surface area contributed by atoms with Crippen LogP contribution in [0.4, 0.5) is 5.69 Å². The predicted molar refractivity (Wildman–Crippen MR) is 185 cm³/mol. The highest BCUT2D eigenvalue weighted by Crippen LogP contribution is 2.56. The second kappa shape index (κ2) is 8.73. The van der Waals surface area contributed by atoms with Crippen molar-refractivity contribution in [1.82, 2.24) is 4.57 Å². The Kier molecular flexibility index (Phi) is 4.81. The molecule has 1 atom stereocenters. The van der Waals surface area contributed by atoms with Gasteiger partial charge >= 0.3 is 0 Å². The first kappa shape index (κ1) is 24.8. The van der Waals surface area contributed by atoms with Crippen LogP contribution in [0.3, 0.4) is 0 Å². The molecule has 1 unspecified atom stereocenters. The van der Waals surface area contributed by atoms with Gasteiger partial charge in [-0.25, -0.2) is 4.99 Å². The first-order chi connectivity index (χ1) is 22.1. The summed E-state index contributed by atoms with van der Waals surface area (Å²) in [6, 6.07) is 45.3. The molecule has 3 heterocycles. The molecular weight excluding hydrogens is 550 g/mol. The standard InChI is InChI=1S/C41H29N3O/c1-41(2)36-26(27-20-21-28-25-14-8-11-19-34(25)45-39(28)37(27)41)22-23-33-35(36)30-16-7-10-18-32(30)44(33)40-42-31-17-9-6-15-29(31)38(43-40)24-12-4-3-5-13-24/h3-23,40,42H,1-2H3. The molecule has 4 heteroatoms. The lowest BCUT2D eigenvalue weighted by atomic mass is 9.80. The number of furan rings is 1. The summed E-state index contributed by atoms with van der Waals surface area (Å²) >= 11 is 0. The van der Waals surface area contributed by atoms with Gasteiger partial charge in [-0.1, -0.05) is 111 Å². The van der Waals surface area contributed by atoms with Gasteiger partial charge in [0.2, 0.25) is 6.29 Å². The zero-order chi connectivity index (χ0) is 29.9. The second-order valence-corrected chi connectivity index (χ2v) is 12.8. The minimum absolute atomic E-state index is 0.280. The first-order valence-electron chi connectivity index (χ1n) is 15.6. The largest absolute Gasteiger partial charge is 0.456 e. The molecule has 0 bridgehead atoms. The van der Waals surface area contributed by atoms with Crippen LogP contribution < -0.4 is 5.32 Å². The van der Waals surface area contributed by atoms with Crippen LogP contribution in [-0.4, -0.2) is 10.3 Å². The molecule has 4 nitrogen and oxygen atoms in total. The van der Waals surface area contributed by atoms with Gasteiger partial charge in [0.25, 0.3) is 0 Å². The van der Waals surface area contributed by atoms with Gasteiger partial charge in [-0.15, -0.1) is 0 Å². The van der Waals surface area contributed by atoms with Crippen molar-refractivity contribution >= 4 is 55.1 Å². The van der Waals surface area contributed by atoms with E-state index in [-0.39, 0.29) is 11.7 Å². The van der Waals surface area contributed by atoms with Crippen LogP contribution in [0.2, 0.25) is 0 Å². The Morgan fingerprint density at radius 1 is 0.622 bits per heavy atom. The van der Waals surface area contributed by atoms with Crippen molar-refractivity contribution in [2.75, 3.05) is 5.32 Å². The fourth-order valence-electron chi connectivity index (χ4n) is 8.11. The molecule has 6 aromatic carbocycles. The van der Waals surface area contributed by atoms with Crippen LogP contribution in [-0.2, 0) is 5.41 Å². The number of rotatable bonds is 2. The van der Waals surface area contributed by atoms with E-state index in [2.05, 4.69) is 145 Å². The Labute approximate surface area is 260 Å². The van der Waals surface area contributed by atoms with Gasteiger partial charge in [0, 0.05) is 49.3 Å². The number of aliphatic imine (C=N–C) groups is 1. The van der Waals surface area contributed by atoms with Crippen molar-refractivity contribution in [1.29, 1.82) is 0 Å². The molecule has 2 aromatic heterocycles. The number of hydrogen-bond donors (Lipinski definition) is 1. The lowest BCUT2D eigenvalue weighted by Gasteiger charge is -2.28. The molecule has 0 saturated carbocycles. The molecule has 214 valence electrons. The van der Waals surface area contributed by atoms with Gasteiger partial charge in [-0.3, -0.25) is 0 Å². The number of benzene rings is 6. The minimum atomic E-state index is -0.315. The molecule has 0 fully saturated rings. The topological polar surface area (TPSA) is 42.5 Å². The van der Waals surface area contributed by atoms with E-state index in [9.17, 15) is 0 Å². The molecule has 1 aliphatic heterocycles. The maximum absolute atomic E-state index is 6.62. The van der Waals surface area contributed by atoms with Crippen LogP contribution in [0.15, 0.2) is 137 Å². The normalized spacial score (nSPS) is 16.5. The third-order valence-corrected chi connectivity index (χ3v) is 9.97. The Balaban J connectivity index is 1.25. The molecule has 1 N–H and O–H groups in total. The molecule has 45 heavy (non-hydrogen) atoms. The van der Waals surface area contributed by atoms with E-state index in [1.165, 1.54) is 49.3 Å². The molecular formula is C41H29N3O. The van der Waals surface area contributed by atoms with Crippen molar-refractivity contribution in [2.24, 2.45) is 4.99 Å². The number of nitrogens with one attached hydrogen (secondary N) is 1. The smallest absolute Gasteiger partial charge is 0.201 e. The van der Waals surface area contributed by atoms with Crippen molar-refractivity contribution in [3.05, 3.63) is 150 Å². The number of fused-ring (bicyclic) bond motifs is 12. The van der Waals surface area contributed by atoms with Gasteiger partial charge in [0.05, 0.1) is 16.7 Å². The summed E-state index contributed by atoms with van der Waals surface area (Å²) in [7, 11) is 0. The fraction of sp³-hybridized carbons (Fsp3) is 0.0976. The Hall–Kier alpha value is -5.61. The molecule has 1 aliphatic carbocycles. The summed E-state index contributed by atoms with van der Waals surface area (Å²) in [5.74, 6) is 0. The van der Waals surface area contributed by atoms with E-state index in [0.717, 1.165) is 39.2 Å². The third kappa shape index (κ3) is 3.23. The lowest BCUT2D eigenvalue weighted by Crippen LogP contribution is -2.24. The van der Waals surface area contributed by atoms with Crippen molar-refractivity contribution < 1.29 is 4.42 Å². The van der Waals surface area contributed by atoms with E-state index >= 15 is 0 Å². The van der Waals surface area contributed by atoms with E-state index in [1.807, 2.05) is 6.07 Å². The highest BCUT2D eigenvalue weighted by molar-refractivity contribution is 6.18. The summed E-state index contributed by atoms with van der Waals surface area (Å²) in [4.78, 5) is 5.42. The molecule has 0 spiro atoms. The van der Waals surface area contributed by atoms with Gasteiger partial charge in [-0.2, -0.15) is 0 Å². The van der Waals surface area contributed by atoms with Gasteiger partial charge in [-0.05, 0) is 47.0 Å². The Bertz CT molecular complexity index is 2550. The van der Waals surface area contributed by atoms with Crippen molar-refractivity contribution in [2.45, 2.75) is 25.6 Å². The molecule has 0 radical (unpaired) electrons. The van der Waals surface area contributed by atoms with Crippen LogP contribution in [0.25, 0.3) is 54.9 Å².